The molecule has 39 heavy (non-hydrogen) atoms. The summed E-state index contributed by atoms with van der Waals surface area (Å²) in [5, 5.41) is 14.2. The van der Waals surface area contributed by atoms with Gasteiger partial charge in [-0.1, -0.05) is 29.3 Å². The Morgan fingerprint density at radius 3 is 2.69 bits per heavy atom. The van der Waals surface area contributed by atoms with Crippen LogP contribution < -0.4 is 10.2 Å². The molecule has 3 atom stereocenters. The SMILES string of the molecule is CC(CC(C)(C)C(=O)O)N1CCC[C@H](C2CN(c3nc4nccc(N[C@H](C)c5ccc(Cl)cc5Cl)c4o3)C2)C1. The molecule has 2 fully saturated rings. The second-order valence-electron chi connectivity index (χ2n) is 11.8. The summed E-state index contributed by atoms with van der Waals surface area (Å²) in [7, 11) is 0. The molecular formula is C29H37Cl2N5O3. The van der Waals surface area contributed by atoms with Crippen molar-refractivity contribution >= 4 is 52.1 Å². The first kappa shape index (κ1) is 28.0. The van der Waals surface area contributed by atoms with Crippen LogP contribution in [0, 0.1) is 17.3 Å². The lowest BCUT2D eigenvalue weighted by Crippen LogP contribution is -2.55. The minimum atomic E-state index is -0.730. The standard InChI is InChI=1S/C29H37Cl2N5O3/c1-17(13-29(3,4)27(37)38)35-11-5-6-19(14-35)20-15-36(16-20)28-34-26-25(39-28)24(9-10-32-26)33-18(2)22-8-7-21(30)12-23(22)31/h7-10,12,17-20H,5-6,11,13-16H2,1-4H3,(H,32,33)(H,37,38)/t17?,18-,19+/m1/s1. The molecule has 2 aromatic heterocycles. The molecule has 5 rings (SSSR count). The molecule has 2 aliphatic rings. The number of aromatic nitrogens is 2. The Bertz CT molecular complexity index is 1340. The van der Waals surface area contributed by atoms with Crippen molar-refractivity contribution in [3.8, 4) is 0 Å². The van der Waals surface area contributed by atoms with Crippen LogP contribution in [0.4, 0.5) is 11.7 Å². The van der Waals surface area contributed by atoms with E-state index >= 15 is 0 Å². The van der Waals surface area contributed by atoms with Crippen molar-refractivity contribution in [1.82, 2.24) is 14.9 Å². The lowest BCUT2D eigenvalue weighted by atomic mass is 9.79. The van der Waals surface area contributed by atoms with Gasteiger partial charge in [-0.05, 0) is 89.1 Å². The number of nitrogens with zero attached hydrogens (tertiary/aromatic N) is 4. The number of nitrogens with one attached hydrogen (secondary N) is 1. The Hall–Kier alpha value is -2.55. The molecule has 1 aromatic carbocycles. The smallest absolute Gasteiger partial charge is 0.309 e. The fourth-order valence-corrected chi connectivity index (χ4v) is 6.55. The molecule has 0 radical (unpaired) electrons. The van der Waals surface area contributed by atoms with E-state index in [1.807, 2.05) is 39.0 Å². The van der Waals surface area contributed by atoms with Gasteiger partial charge in [0, 0.05) is 41.9 Å². The van der Waals surface area contributed by atoms with Gasteiger partial charge in [-0.2, -0.15) is 4.98 Å². The molecule has 2 aliphatic heterocycles. The molecule has 0 aliphatic carbocycles. The number of carbonyl (C=O) groups is 1. The number of aliphatic carboxylic acids is 1. The highest BCUT2D eigenvalue weighted by molar-refractivity contribution is 6.35. The number of carboxylic acid groups (broad SMARTS) is 1. The number of hydrogen-bond donors (Lipinski definition) is 2. The molecule has 1 unspecified atom stereocenters. The number of carboxylic acids is 1. The summed E-state index contributed by atoms with van der Waals surface area (Å²) in [5.41, 5.74) is 2.25. The average Bonchev–Trinajstić information content (AvgIpc) is 3.27. The number of likely N-dealkylation sites (tertiary alicyclic amines) is 1. The van der Waals surface area contributed by atoms with Crippen LogP contribution in [0.1, 0.15) is 58.6 Å². The van der Waals surface area contributed by atoms with E-state index in [4.69, 9.17) is 27.6 Å². The summed E-state index contributed by atoms with van der Waals surface area (Å²) in [6, 6.07) is 8.17. The highest BCUT2D eigenvalue weighted by Crippen LogP contribution is 2.38. The second kappa shape index (κ2) is 11.1. The fraction of sp³-hybridized carbons (Fsp3) is 0.552. The Balaban J connectivity index is 1.21. The zero-order valence-corrected chi connectivity index (χ0v) is 24.5. The van der Waals surface area contributed by atoms with Crippen LogP contribution in [-0.2, 0) is 4.79 Å². The number of rotatable bonds is 9. The molecule has 0 spiro atoms. The molecule has 4 heterocycles. The highest BCUT2D eigenvalue weighted by Gasteiger charge is 2.39. The summed E-state index contributed by atoms with van der Waals surface area (Å²) >= 11 is 12.5. The van der Waals surface area contributed by atoms with Gasteiger partial charge in [0.05, 0.1) is 17.1 Å². The number of fused-ring (bicyclic) bond motifs is 1. The molecule has 0 bridgehead atoms. The molecule has 8 nitrogen and oxygen atoms in total. The van der Waals surface area contributed by atoms with E-state index in [0.29, 0.717) is 45.5 Å². The Morgan fingerprint density at radius 2 is 1.97 bits per heavy atom. The number of hydrogen-bond acceptors (Lipinski definition) is 7. The predicted molar refractivity (Wildman–Crippen MR) is 156 cm³/mol. The van der Waals surface area contributed by atoms with Crippen LogP contribution in [0.3, 0.4) is 0 Å². The van der Waals surface area contributed by atoms with Gasteiger partial charge < -0.3 is 24.6 Å². The largest absolute Gasteiger partial charge is 0.481 e. The van der Waals surface area contributed by atoms with Gasteiger partial charge in [-0.3, -0.25) is 4.79 Å². The van der Waals surface area contributed by atoms with Crippen molar-refractivity contribution in [2.24, 2.45) is 17.3 Å². The van der Waals surface area contributed by atoms with Crippen molar-refractivity contribution in [3.05, 3.63) is 46.1 Å². The van der Waals surface area contributed by atoms with Gasteiger partial charge in [-0.25, -0.2) is 4.98 Å². The number of benzene rings is 1. The fourth-order valence-electron chi connectivity index (χ4n) is 5.98. The highest BCUT2D eigenvalue weighted by atomic mass is 35.5. The number of oxazole rings is 1. The summed E-state index contributed by atoms with van der Waals surface area (Å²) in [5.74, 6) is 0.433. The first-order valence-electron chi connectivity index (χ1n) is 13.7. The van der Waals surface area contributed by atoms with Crippen LogP contribution in [0.5, 0.6) is 0 Å². The van der Waals surface area contributed by atoms with Gasteiger partial charge in [0.25, 0.3) is 6.01 Å². The summed E-state index contributed by atoms with van der Waals surface area (Å²) in [6.07, 6.45) is 4.74. The zero-order valence-electron chi connectivity index (χ0n) is 23.0. The normalized spacial score (nSPS) is 20.6. The molecular weight excluding hydrogens is 537 g/mol. The number of pyridine rings is 1. The number of anilines is 2. The first-order valence-corrected chi connectivity index (χ1v) is 14.5. The Morgan fingerprint density at radius 1 is 1.21 bits per heavy atom. The van der Waals surface area contributed by atoms with E-state index in [2.05, 4.69) is 32.0 Å². The molecule has 2 N–H and O–H groups in total. The minimum Gasteiger partial charge on any atom is -0.481 e. The van der Waals surface area contributed by atoms with Gasteiger partial charge in [0.15, 0.2) is 5.58 Å². The van der Waals surface area contributed by atoms with Crippen molar-refractivity contribution < 1.29 is 14.3 Å². The molecule has 3 aromatic rings. The van der Waals surface area contributed by atoms with Crippen LogP contribution in [-0.4, -0.2) is 58.2 Å². The lowest BCUT2D eigenvalue weighted by Gasteiger charge is -2.47. The van der Waals surface area contributed by atoms with Crippen LogP contribution in [0.15, 0.2) is 34.9 Å². The third-order valence-corrected chi connectivity index (χ3v) is 8.99. The summed E-state index contributed by atoms with van der Waals surface area (Å²) < 4.78 is 6.23. The first-order chi connectivity index (χ1) is 18.5. The van der Waals surface area contributed by atoms with Crippen LogP contribution in [0.2, 0.25) is 10.0 Å². The zero-order chi connectivity index (χ0) is 27.9. The van der Waals surface area contributed by atoms with Crippen LogP contribution >= 0.6 is 23.2 Å². The maximum atomic E-state index is 11.6. The molecule has 210 valence electrons. The second-order valence-corrected chi connectivity index (χ2v) is 12.7. The average molecular weight is 575 g/mol. The van der Waals surface area contributed by atoms with E-state index in [1.54, 1.807) is 12.3 Å². The van der Waals surface area contributed by atoms with E-state index < -0.39 is 11.4 Å². The lowest BCUT2D eigenvalue weighted by molar-refractivity contribution is -0.148. The third-order valence-electron chi connectivity index (χ3n) is 8.43. The quantitative estimate of drug-likeness (QED) is 0.290. The number of piperidine rings is 1. The molecule has 2 saturated heterocycles. The van der Waals surface area contributed by atoms with E-state index in [-0.39, 0.29) is 12.1 Å². The van der Waals surface area contributed by atoms with Crippen molar-refractivity contribution in [2.75, 3.05) is 36.4 Å². The third kappa shape index (κ3) is 5.98. The van der Waals surface area contributed by atoms with Crippen molar-refractivity contribution in [1.29, 1.82) is 0 Å². The van der Waals surface area contributed by atoms with Gasteiger partial charge in [-0.15, -0.1) is 0 Å². The van der Waals surface area contributed by atoms with Crippen molar-refractivity contribution in [3.63, 3.8) is 0 Å². The van der Waals surface area contributed by atoms with E-state index in [0.717, 1.165) is 43.9 Å². The summed E-state index contributed by atoms with van der Waals surface area (Å²) in [4.78, 5) is 25.4. The van der Waals surface area contributed by atoms with Gasteiger partial charge in [0.1, 0.15) is 0 Å². The molecule has 0 saturated carbocycles. The maximum absolute atomic E-state index is 11.6. The minimum absolute atomic E-state index is 0.0694. The van der Waals surface area contributed by atoms with Crippen LogP contribution in [0.25, 0.3) is 11.2 Å². The summed E-state index contributed by atoms with van der Waals surface area (Å²) in [6.45, 7) is 11.7. The topological polar surface area (TPSA) is 94.7 Å². The Kier molecular flexibility index (Phi) is 8.00. The van der Waals surface area contributed by atoms with Gasteiger partial charge >= 0.3 is 5.97 Å². The van der Waals surface area contributed by atoms with Gasteiger partial charge in [0.2, 0.25) is 5.65 Å². The molecule has 0 amide bonds. The predicted octanol–water partition coefficient (Wildman–Crippen LogP) is 6.74. The number of halogens is 2. The van der Waals surface area contributed by atoms with Crippen molar-refractivity contribution in [2.45, 2.75) is 59.0 Å². The molecule has 10 heteroatoms. The van der Waals surface area contributed by atoms with E-state index in [1.165, 1.54) is 6.42 Å². The maximum Gasteiger partial charge on any atom is 0.309 e. The van der Waals surface area contributed by atoms with E-state index in [9.17, 15) is 9.90 Å². The Labute approximate surface area is 239 Å². The monoisotopic (exact) mass is 573 g/mol.